The summed E-state index contributed by atoms with van der Waals surface area (Å²) in [7, 11) is 0. The van der Waals surface area contributed by atoms with Crippen LogP contribution < -0.4 is 11.5 Å². The number of anilines is 2. The van der Waals surface area contributed by atoms with Gasteiger partial charge in [-0.15, -0.1) is 0 Å². The van der Waals surface area contributed by atoms with E-state index in [9.17, 15) is 9.59 Å². The number of nitrogen functional groups attached to an aromatic ring is 2. The zero-order valence-corrected chi connectivity index (χ0v) is 11.8. The van der Waals surface area contributed by atoms with Crippen LogP contribution >= 0.6 is 0 Å². The molecule has 1 aliphatic heterocycles. The first-order chi connectivity index (χ1) is 10.6. The Morgan fingerprint density at radius 3 is 1.86 bits per heavy atom. The van der Waals surface area contributed by atoms with Crippen molar-refractivity contribution in [1.82, 2.24) is 4.90 Å². The molecule has 2 aromatic rings. The molecule has 0 fully saturated rings. The Morgan fingerprint density at radius 1 is 0.773 bits per heavy atom. The van der Waals surface area contributed by atoms with Crippen molar-refractivity contribution >= 4 is 23.2 Å². The van der Waals surface area contributed by atoms with E-state index in [1.807, 2.05) is 30.3 Å². The highest BCUT2D eigenvalue weighted by molar-refractivity contribution is 6.13. The van der Waals surface area contributed by atoms with Crippen molar-refractivity contribution in [2.75, 3.05) is 11.5 Å². The molecular formula is C17H15N3O2. The number of carbonyl (C=O) groups is 2. The summed E-state index contributed by atoms with van der Waals surface area (Å²) in [6.45, 7) is 0. The fourth-order valence-corrected chi connectivity index (χ4v) is 2.65. The molecule has 110 valence electrons. The van der Waals surface area contributed by atoms with Gasteiger partial charge in [-0.05, 0) is 29.3 Å². The minimum absolute atomic E-state index is 0.347. The van der Waals surface area contributed by atoms with Crippen LogP contribution in [0.2, 0.25) is 0 Å². The third kappa shape index (κ3) is 2.44. The van der Waals surface area contributed by atoms with E-state index in [0.717, 1.165) is 5.56 Å². The van der Waals surface area contributed by atoms with Crippen molar-refractivity contribution in [3.05, 3.63) is 71.8 Å². The van der Waals surface area contributed by atoms with Gasteiger partial charge >= 0.3 is 0 Å². The maximum Gasteiger partial charge on any atom is 0.254 e. The summed E-state index contributed by atoms with van der Waals surface area (Å²) in [5.41, 5.74) is 14.2. The SMILES string of the molecule is Nc1cc(N)cc(C(c2ccccc2)N2C(=O)C=CC2=O)c1. The number of carbonyl (C=O) groups excluding carboxylic acids is 2. The first-order valence-electron chi connectivity index (χ1n) is 6.82. The van der Waals surface area contributed by atoms with Crippen LogP contribution in [0.25, 0.3) is 0 Å². The molecule has 5 heteroatoms. The largest absolute Gasteiger partial charge is 0.399 e. The average Bonchev–Trinajstić information content (AvgIpc) is 2.80. The van der Waals surface area contributed by atoms with Gasteiger partial charge in [0, 0.05) is 23.5 Å². The maximum absolute atomic E-state index is 12.1. The number of benzene rings is 2. The third-order valence-electron chi connectivity index (χ3n) is 3.53. The molecule has 0 saturated heterocycles. The summed E-state index contributed by atoms with van der Waals surface area (Å²) < 4.78 is 0. The van der Waals surface area contributed by atoms with Crippen molar-refractivity contribution in [3.63, 3.8) is 0 Å². The molecule has 22 heavy (non-hydrogen) atoms. The van der Waals surface area contributed by atoms with E-state index < -0.39 is 6.04 Å². The number of amides is 2. The molecule has 4 N–H and O–H groups in total. The van der Waals surface area contributed by atoms with Crippen LogP contribution in [-0.4, -0.2) is 16.7 Å². The van der Waals surface area contributed by atoms with E-state index in [4.69, 9.17) is 11.5 Å². The number of nitrogens with two attached hydrogens (primary N) is 2. The Balaban J connectivity index is 2.15. The first kappa shape index (κ1) is 13.9. The van der Waals surface area contributed by atoms with Crippen LogP contribution in [0, 0.1) is 0 Å². The maximum atomic E-state index is 12.1. The quantitative estimate of drug-likeness (QED) is 0.667. The van der Waals surface area contributed by atoms with Crippen molar-refractivity contribution in [3.8, 4) is 0 Å². The zero-order valence-electron chi connectivity index (χ0n) is 11.8. The summed E-state index contributed by atoms with van der Waals surface area (Å²) in [5, 5.41) is 0. The van der Waals surface area contributed by atoms with E-state index in [2.05, 4.69) is 0 Å². The van der Waals surface area contributed by atoms with Crippen LogP contribution in [-0.2, 0) is 9.59 Å². The fourth-order valence-electron chi connectivity index (χ4n) is 2.65. The molecule has 2 amide bonds. The minimum atomic E-state index is -0.554. The Kier molecular flexibility index (Phi) is 3.39. The van der Waals surface area contributed by atoms with Gasteiger partial charge in [-0.1, -0.05) is 30.3 Å². The second-order valence-electron chi connectivity index (χ2n) is 5.13. The lowest BCUT2D eigenvalue weighted by Gasteiger charge is -2.27. The molecule has 0 aromatic heterocycles. The highest BCUT2D eigenvalue weighted by atomic mass is 16.2. The second-order valence-corrected chi connectivity index (χ2v) is 5.13. The van der Waals surface area contributed by atoms with Gasteiger partial charge in [0.15, 0.2) is 0 Å². The van der Waals surface area contributed by atoms with E-state index in [0.29, 0.717) is 16.9 Å². The van der Waals surface area contributed by atoms with Gasteiger partial charge < -0.3 is 11.5 Å². The fraction of sp³-hybridized carbons (Fsp3) is 0.0588. The van der Waals surface area contributed by atoms with Crippen molar-refractivity contribution < 1.29 is 9.59 Å². The molecular weight excluding hydrogens is 278 g/mol. The molecule has 3 rings (SSSR count). The van der Waals surface area contributed by atoms with E-state index >= 15 is 0 Å². The third-order valence-corrected chi connectivity index (χ3v) is 3.53. The van der Waals surface area contributed by atoms with E-state index in [-0.39, 0.29) is 11.8 Å². The molecule has 0 spiro atoms. The summed E-state index contributed by atoms with van der Waals surface area (Å²) in [6, 6.07) is 13.9. The van der Waals surface area contributed by atoms with Crippen molar-refractivity contribution in [1.29, 1.82) is 0 Å². The second kappa shape index (κ2) is 5.37. The zero-order chi connectivity index (χ0) is 15.7. The number of imide groups is 1. The monoisotopic (exact) mass is 293 g/mol. The summed E-state index contributed by atoms with van der Waals surface area (Å²) >= 11 is 0. The number of hydrogen-bond acceptors (Lipinski definition) is 4. The topological polar surface area (TPSA) is 89.4 Å². The molecule has 1 unspecified atom stereocenters. The Hall–Kier alpha value is -3.08. The van der Waals surface area contributed by atoms with Crippen LogP contribution in [0.4, 0.5) is 11.4 Å². The highest BCUT2D eigenvalue weighted by Crippen LogP contribution is 2.33. The van der Waals surface area contributed by atoms with Crippen LogP contribution in [0.1, 0.15) is 17.2 Å². The standard InChI is InChI=1S/C17H15N3O2/c18-13-8-12(9-14(19)10-13)17(11-4-2-1-3-5-11)20-15(21)6-7-16(20)22/h1-10,17H,18-19H2. The lowest BCUT2D eigenvalue weighted by Crippen LogP contribution is -2.35. The molecule has 0 bridgehead atoms. The smallest absolute Gasteiger partial charge is 0.254 e. The molecule has 0 saturated carbocycles. The van der Waals surface area contributed by atoms with Gasteiger partial charge in [0.25, 0.3) is 11.8 Å². The van der Waals surface area contributed by atoms with Crippen LogP contribution in [0.5, 0.6) is 0 Å². The summed E-state index contributed by atoms with van der Waals surface area (Å²) in [6.07, 6.45) is 2.54. The first-order valence-corrected chi connectivity index (χ1v) is 6.82. The lowest BCUT2D eigenvalue weighted by molar-refractivity contribution is -0.138. The van der Waals surface area contributed by atoms with E-state index in [1.165, 1.54) is 17.1 Å². The lowest BCUT2D eigenvalue weighted by atomic mass is 9.96. The molecule has 0 aliphatic carbocycles. The number of nitrogens with zero attached hydrogens (tertiary/aromatic N) is 1. The van der Waals surface area contributed by atoms with Crippen LogP contribution in [0.3, 0.4) is 0 Å². The Bertz CT molecular complexity index is 730. The van der Waals surface area contributed by atoms with Gasteiger partial charge in [0.05, 0.1) is 6.04 Å². The summed E-state index contributed by atoms with van der Waals surface area (Å²) in [4.78, 5) is 25.4. The molecule has 1 aliphatic rings. The van der Waals surface area contributed by atoms with Gasteiger partial charge in [0.1, 0.15) is 0 Å². The van der Waals surface area contributed by atoms with Crippen molar-refractivity contribution in [2.24, 2.45) is 0 Å². The molecule has 1 atom stereocenters. The number of rotatable bonds is 3. The normalized spacial score (nSPS) is 15.4. The van der Waals surface area contributed by atoms with Crippen molar-refractivity contribution in [2.45, 2.75) is 6.04 Å². The summed E-state index contributed by atoms with van der Waals surface area (Å²) in [5.74, 6) is -0.695. The predicted molar refractivity (Wildman–Crippen MR) is 84.5 cm³/mol. The molecule has 1 heterocycles. The molecule has 0 radical (unpaired) electrons. The van der Waals surface area contributed by atoms with Gasteiger partial charge in [-0.3, -0.25) is 14.5 Å². The Morgan fingerprint density at radius 2 is 1.32 bits per heavy atom. The highest BCUT2D eigenvalue weighted by Gasteiger charge is 2.33. The molecule has 2 aromatic carbocycles. The average molecular weight is 293 g/mol. The van der Waals surface area contributed by atoms with Gasteiger partial charge in [-0.25, -0.2) is 0 Å². The predicted octanol–water partition coefficient (Wildman–Crippen LogP) is 1.87. The minimum Gasteiger partial charge on any atom is -0.399 e. The van der Waals surface area contributed by atoms with Crippen LogP contribution in [0.15, 0.2) is 60.7 Å². The molecule has 5 nitrogen and oxygen atoms in total. The Labute approximate surface area is 127 Å². The van der Waals surface area contributed by atoms with Gasteiger partial charge in [0.2, 0.25) is 0 Å². The number of hydrogen-bond donors (Lipinski definition) is 2. The van der Waals surface area contributed by atoms with E-state index in [1.54, 1.807) is 18.2 Å². The van der Waals surface area contributed by atoms with Gasteiger partial charge in [-0.2, -0.15) is 0 Å².